The van der Waals surface area contributed by atoms with Crippen LogP contribution in [0.1, 0.15) is 12.0 Å². The van der Waals surface area contributed by atoms with Crippen LogP contribution in [0.3, 0.4) is 0 Å². The summed E-state index contributed by atoms with van der Waals surface area (Å²) >= 11 is 3.41. The van der Waals surface area contributed by atoms with Crippen LogP contribution in [0.5, 0.6) is 5.75 Å². The van der Waals surface area contributed by atoms with E-state index in [-0.39, 0.29) is 37.1 Å². The van der Waals surface area contributed by atoms with Crippen LogP contribution in [0, 0.1) is 5.92 Å². The molecule has 1 heterocycles. The Morgan fingerprint density at radius 1 is 1.22 bits per heavy atom. The molecule has 0 saturated carbocycles. The highest BCUT2D eigenvalue weighted by atomic mass is 79.9. The van der Waals surface area contributed by atoms with Crippen LogP contribution in [0.4, 0.5) is 14.5 Å². The molecule has 27 heavy (non-hydrogen) atoms. The Bertz CT molecular complexity index is 847. The number of nitrogens with one attached hydrogen (secondary N) is 1. The Morgan fingerprint density at radius 2 is 1.93 bits per heavy atom. The van der Waals surface area contributed by atoms with E-state index < -0.39 is 12.5 Å². The molecule has 0 bridgehead atoms. The maximum Gasteiger partial charge on any atom is 0.387 e. The molecule has 1 aliphatic heterocycles. The molecule has 0 aromatic heterocycles. The van der Waals surface area contributed by atoms with Crippen LogP contribution in [0.15, 0.2) is 53.0 Å². The van der Waals surface area contributed by atoms with Crippen LogP contribution in [0.2, 0.25) is 0 Å². The largest absolute Gasteiger partial charge is 0.434 e. The summed E-state index contributed by atoms with van der Waals surface area (Å²) in [4.78, 5) is 26.4. The lowest BCUT2D eigenvalue weighted by atomic mass is 10.1. The van der Waals surface area contributed by atoms with Gasteiger partial charge in [-0.1, -0.05) is 30.3 Å². The van der Waals surface area contributed by atoms with Gasteiger partial charge in [-0.3, -0.25) is 9.59 Å². The van der Waals surface area contributed by atoms with E-state index in [0.717, 1.165) is 4.47 Å². The lowest BCUT2D eigenvalue weighted by molar-refractivity contribution is -0.126. The molecule has 2 aromatic rings. The van der Waals surface area contributed by atoms with E-state index in [0.29, 0.717) is 11.3 Å². The molecule has 0 radical (unpaired) electrons. The highest BCUT2D eigenvalue weighted by Crippen LogP contribution is 2.31. The first-order valence-corrected chi connectivity index (χ1v) is 9.10. The van der Waals surface area contributed by atoms with Crippen LogP contribution in [-0.2, 0) is 16.1 Å². The lowest BCUT2D eigenvalue weighted by Crippen LogP contribution is -2.32. The number of nitrogens with zero attached hydrogens (tertiary/aromatic N) is 1. The van der Waals surface area contributed by atoms with Crippen molar-refractivity contribution in [3.63, 3.8) is 0 Å². The van der Waals surface area contributed by atoms with Crippen molar-refractivity contribution >= 4 is 33.4 Å². The molecule has 1 atom stereocenters. The molecule has 8 heteroatoms. The van der Waals surface area contributed by atoms with Crippen molar-refractivity contribution in [2.75, 3.05) is 11.4 Å². The monoisotopic (exact) mass is 438 g/mol. The third kappa shape index (κ3) is 4.63. The molecule has 1 unspecified atom stereocenters. The SMILES string of the molecule is O=C(NCc1ccccc1OC(F)F)C1CC(=O)N(c2ccccc2Br)C1. The summed E-state index contributed by atoms with van der Waals surface area (Å²) in [6.45, 7) is -2.63. The number of rotatable bonds is 6. The van der Waals surface area contributed by atoms with Gasteiger partial charge in [-0.2, -0.15) is 8.78 Å². The Hall–Kier alpha value is -2.48. The Morgan fingerprint density at radius 3 is 2.67 bits per heavy atom. The average Bonchev–Trinajstić information content (AvgIpc) is 3.02. The topological polar surface area (TPSA) is 58.6 Å². The number of anilines is 1. The van der Waals surface area contributed by atoms with Crippen molar-refractivity contribution in [1.29, 1.82) is 0 Å². The molecule has 0 spiro atoms. The number of benzene rings is 2. The molecule has 3 rings (SSSR count). The predicted molar refractivity (Wildman–Crippen MR) is 99.5 cm³/mol. The summed E-state index contributed by atoms with van der Waals surface area (Å²) in [6.07, 6.45) is 0.0996. The zero-order valence-corrected chi connectivity index (χ0v) is 15.8. The Kier molecular flexibility index (Phi) is 6.05. The van der Waals surface area contributed by atoms with Gasteiger partial charge in [0.2, 0.25) is 11.8 Å². The highest BCUT2D eigenvalue weighted by Gasteiger charge is 2.35. The van der Waals surface area contributed by atoms with Gasteiger partial charge in [0.25, 0.3) is 0 Å². The summed E-state index contributed by atoms with van der Waals surface area (Å²) in [7, 11) is 0. The first-order valence-electron chi connectivity index (χ1n) is 8.31. The molecular weight excluding hydrogens is 422 g/mol. The van der Waals surface area contributed by atoms with Gasteiger partial charge in [0, 0.05) is 29.5 Å². The molecule has 2 amide bonds. The maximum atomic E-state index is 12.5. The number of ether oxygens (including phenoxy) is 1. The summed E-state index contributed by atoms with van der Waals surface area (Å²) in [6, 6.07) is 13.6. The Labute approximate surface area is 163 Å². The second-order valence-corrected chi connectivity index (χ2v) is 6.92. The van der Waals surface area contributed by atoms with Gasteiger partial charge in [-0.25, -0.2) is 0 Å². The molecule has 0 aliphatic carbocycles. The number of carbonyl (C=O) groups is 2. The number of halogens is 3. The van der Waals surface area contributed by atoms with Crippen LogP contribution >= 0.6 is 15.9 Å². The second kappa shape index (κ2) is 8.47. The molecule has 5 nitrogen and oxygen atoms in total. The molecule has 1 fully saturated rings. The van der Waals surface area contributed by atoms with Gasteiger partial charge in [0.1, 0.15) is 5.75 Å². The van der Waals surface area contributed by atoms with E-state index in [9.17, 15) is 18.4 Å². The molecule has 2 aromatic carbocycles. The summed E-state index contributed by atoms with van der Waals surface area (Å²) in [5.74, 6) is -0.925. The molecule has 142 valence electrons. The van der Waals surface area contributed by atoms with Crippen molar-refractivity contribution in [1.82, 2.24) is 5.32 Å². The van der Waals surface area contributed by atoms with Gasteiger partial charge < -0.3 is 15.0 Å². The summed E-state index contributed by atoms with van der Waals surface area (Å²) in [5, 5.41) is 2.71. The van der Waals surface area contributed by atoms with E-state index >= 15 is 0 Å². The van der Waals surface area contributed by atoms with E-state index in [1.165, 1.54) is 6.07 Å². The van der Waals surface area contributed by atoms with Gasteiger partial charge in [-0.05, 0) is 34.1 Å². The third-order valence-electron chi connectivity index (χ3n) is 4.28. The lowest BCUT2D eigenvalue weighted by Gasteiger charge is -2.18. The standard InChI is InChI=1S/C19H17BrF2N2O3/c20-14-6-2-3-7-15(14)24-11-13(9-17(24)25)18(26)23-10-12-5-1-4-8-16(12)27-19(21)22/h1-8,13,19H,9-11H2,(H,23,26). The minimum absolute atomic E-state index is 0.0186. The summed E-state index contributed by atoms with van der Waals surface area (Å²) < 4.78 is 30.2. The van der Waals surface area contributed by atoms with E-state index in [4.69, 9.17) is 0 Å². The van der Waals surface area contributed by atoms with Crippen molar-refractivity contribution < 1.29 is 23.1 Å². The number of hydrogen-bond donors (Lipinski definition) is 1. The number of alkyl halides is 2. The number of amides is 2. The molecule has 1 N–H and O–H groups in total. The molecule has 1 saturated heterocycles. The van der Waals surface area contributed by atoms with Gasteiger partial charge in [-0.15, -0.1) is 0 Å². The molecule has 1 aliphatic rings. The fourth-order valence-electron chi connectivity index (χ4n) is 2.97. The zero-order chi connectivity index (χ0) is 19.4. The van der Waals surface area contributed by atoms with E-state index in [1.54, 1.807) is 29.2 Å². The van der Waals surface area contributed by atoms with E-state index in [2.05, 4.69) is 26.0 Å². The number of para-hydroxylation sites is 2. The zero-order valence-electron chi connectivity index (χ0n) is 14.2. The van der Waals surface area contributed by atoms with Gasteiger partial charge in [0.05, 0.1) is 11.6 Å². The second-order valence-electron chi connectivity index (χ2n) is 6.06. The van der Waals surface area contributed by atoms with Crippen molar-refractivity contribution in [3.8, 4) is 5.75 Å². The quantitative estimate of drug-likeness (QED) is 0.747. The van der Waals surface area contributed by atoms with Crippen LogP contribution in [-0.4, -0.2) is 25.0 Å². The van der Waals surface area contributed by atoms with Gasteiger partial charge >= 0.3 is 6.61 Å². The molecular formula is C19H17BrF2N2O3. The van der Waals surface area contributed by atoms with E-state index in [1.807, 2.05) is 18.2 Å². The fraction of sp³-hybridized carbons (Fsp3) is 0.263. The van der Waals surface area contributed by atoms with Crippen molar-refractivity contribution in [2.24, 2.45) is 5.92 Å². The van der Waals surface area contributed by atoms with Crippen molar-refractivity contribution in [2.45, 2.75) is 19.6 Å². The first-order chi connectivity index (χ1) is 13.0. The third-order valence-corrected chi connectivity index (χ3v) is 4.95. The minimum Gasteiger partial charge on any atom is -0.434 e. The predicted octanol–water partition coefficient (Wildman–Crippen LogP) is 3.72. The number of hydrogen-bond acceptors (Lipinski definition) is 3. The van der Waals surface area contributed by atoms with Crippen molar-refractivity contribution in [3.05, 3.63) is 58.6 Å². The maximum absolute atomic E-state index is 12.5. The smallest absolute Gasteiger partial charge is 0.387 e. The average molecular weight is 439 g/mol. The fourth-order valence-corrected chi connectivity index (χ4v) is 3.47. The first kappa shape index (κ1) is 19.3. The Balaban J connectivity index is 1.63. The highest BCUT2D eigenvalue weighted by molar-refractivity contribution is 9.10. The van der Waals surface area contributed by atoms with Crippen LogP contribution < -0.4 is 15.0 Å². The summed E-state index contributed by atoms with van der Waals surface area (Å²) in [5.41, 5.74) is 1.16. The normalized spacial score (nSPS) is 16.7. The minimum atomic E-state index is -2.94. The van der Waals surface area contributed by atoms with Gasteiger partial charge in [0.15, 0.2) is 0 Å². The van der Waals surface area contributed by atoms with Crippen LogP contribution in [0.25, 0.3) is 0 Å². The number of carbonyl (C=O) groups excluding carboxylic acids is 2.